The highest BCUT2D eigenvalue weighted by atomic mass is 16.5. The summed E-state index contributed by atoms with van der Waals surface area (Å²) in [5.74, 6) is 0.000910. The summed E-state index contributed by atoms with van der Waals surface area (Å²) in [7, 11) is 1.63. The first-order valence-electron chi connectivity index (χ1n) is 11.7. The minimum Gasteiger partial charge on any atom is -0.497 e. The number of methoxy groups -OCH3 is 1. The van der Waals surface area contributed by atoms with E-state index in [1.165, 1.54) is 0 Å². The molecule has 0 unspecified atom stereocenters. The number of carbonyl (C=O) groups is 3. The van der Waals surface area contributed by atoms with Crippen LogP contribution in [0.25, 0.3) is 0 Å². The standard InChI is InChI=1S/C28H28N4O4/c1-18-15-24(19(2)31(18)14-13-20-7-11-23(36-4)12-8-20)25(33)17-32-26(34)28(3,30-27(32)35)22-9-5-21(16-29)6-10-22/h5-12,15H,13-14,17H2,1-4H3,(H,30,35)/t28-/m0/s1. The first kappa shape index (κ1) is 24.7. The molecular formula is C28H28N4O4. The molecule has 1 saturated heterocycles. The van der Waals surface area contributed by atoms with Gasteiger partial charge in [0.2, 0.25) is 0 Å². The van der Waals surface area contributed by atoms with Crippen LogP contribution in [-0.2, 0) is 23.3 Å². The summed E-state index contributed by atoms with van der Waals surface area (Å²) < 4.78 is 7.28. The Hall–Kier alpha value is -4.38. The Bertz CT molecular complexity index is 1370. The topological polar surface area (TPSA) is 104 Å². The molecule has 0 aliphatic carbocycles. The van der Waals surface area contributed by atoms with Crippen molar-refractivity contribution in [1.82, 2.24) is 14.8 Å². The van der Waals surface area contributed by atoms with E-state index >= 15 is 0 Å². The van der Waals surface area contributed by atoms with Crippen molar-refractivity contribution in [2.75, 3.05) is 13.7 Å². The fourth-order valence-electron chi connectivity index (χ4n) is 4.60. The summed E-state index contributed by atoms with van der Waals surface area (Å²) in [6.45, 7) is 5.76. The summed E-state index contributed by atoms with van der Waals surface area (Å²) in [5.41, 5.74) is 3.07. The highest BCUT2D eigenvalue weighted by Gasteiger charge is 2.49. The predicted molar refractivity (Wildman–Crippen MR) is 134 cm³/mol. The molecule has 36 heavy (non-hydrogen) atoms. The van der Waals surface area contributed by atoms with E-state index in [0.717, 1.165) is 34.0 Å². The number of aryl methyl sites for hydroxylation is 2. The number of nitriles is 1. The molecule has 0 radical (unpaired) electrons. The van der Waals surface area contributed by atoms with Gasteiger partial charge >= 0.3 is 6.03 Å². The fraction of sp³-hybridized carbons (Fsp3) is 0.286. The van der Waals surface area contributed by atoms with Gasteiger partial charge in [-0.15, -0.1) is 0 Å². The zero-order valence-corrected chi connectivity index (χ0v) is 20.8. The molecule has 1 aliphatic rings. The number of hydrogen-bond donors (Lipinski definition) is 1. The molecule has 1 aromatic heterocycles. The van der Waals surface area contributed by atoms with Crippen LogP contribution in [-0.4, -0.2) is 40.8 Å². The van der Waals surface area contributed by atoms with Gasteiger partial charge in [0.15, 0.2) is 5.78 Å². The van der Waals surface area contributed by atoms with E-state index in [-0.39, 0.29) is 12.3 Å². The maximum absolute atomic E-state index is 13.2. The fourth-order valence-corrected chi connectivity index (χ4v) is 4.60. The molecule has 184 valence electrons. The number of hydrogen-bond acceptors (Lipinski definition) is 5. The van der Waals surface area contributed by atoms with Gasteiger partial charge in [0.25, 0.3) is 5.91 Å². The third-order valence-corrected chi connectivity index (χ3v) is 6.83. The van der Waals surface area contributed by atoms with Crippen molar-refractivity contribution < 1.29 is 19.1 Å². The molecule has 0 saturated carbocycles. The second-order valence-electron chi connectivity index (χ2n) is 9.09. The summed E-state index contributed by atoms with van der Waals surface area (Å²) >= 11 is 0. The highest BCUT2D eigenvalue weighted by Crippen LogP contribution is 2.29. The molecule has 4 rings (SSSR count). The van der Waals surface area contributed by atoms with Crippen LogP contribution < -0.4 is 10.1 Å². The second kappa shape index (κ2) is 9.70. The zero-order chi connectivity index (χ0) is 26.0. The number of carbonyl (C=O) groups excluding carboxylic acids is 3. The van der Waals surface area contributed by atoms with Crippen molar-refractivity contribution in [2.45, 2.75) is 39.3 Å². The van der Waals surface area contributed by atoms with Crippen molar-refractivity contribution in [2.24, 2.45) is 0 Å². The summed E-state index contributed by atoms with van der Waals surface area (Å²) in [4.78, 5) is 40.1. The smallest absolute Gasteiger partial charge is 0.325 e. The molecule has 8 heteroatoms. The second-order valence-corrected chi connectivity index (χ2v) is 9.09. The Morgan fingerprint density at radius 3 is 2.36 bits per heavy atom. The molecular weight excluding hydrogens is 456 g/mol. The molecule has 2 heterocycles. The largest absolute Gasteiger partial charge is 0.497 e. The van der Waals surface area contributed by atoms with Crippen LogP contribution in [0.15, 0.2) is 54.6 Å². The van der Waals surface area contributed by atoms with Crippen LogP contribution in [0.4, 0.5) is 4.79 Å². The van der Waals surface area contributed by atoms with E-state index in [0.29, 0.717) is 23.2 Å². The Balaban J connectivity index is 1.48. The molecule has 1 N–H and O–H groups in total. The number of benzene rings is 2. The Labute approximate surface area is 210 Å². The number of nitrogens with one attached hydrogen (secondary N) is 1. The van der Waals surface area contributed by atoms with Crippen LogP contribution in [0, 0.1) is 25.2 Å². The number of nitrogens with zero attached hydrogens (tertiary/aromatic N) is 3. The minimum atomic E-state index is -1.30. The lowest BCUT2D eigenvalue weighted by Gasteiger charge is -2.22. The Morgan fingerprint density at radius 1 is 1.08 bits per heavy atom. The SMILES string of the molecule is COc1ccc(CCn2c(C)cc(C(=O)CN3C(=O)N[C@@](C)(c4ccc(C#N)cc4)C3=O)c2C)cc1. The first-order chi connectivity index (χ1) is 17.2. The van der Waals surface area contributed by atoms with Crippen LogP contribution in [0.2, 0.25) is 0 Å². The van der Waals surface area contributed by atoms with Gasteiger partial charge in [-0.1, -0.05) is 24.3 Å². The quantitative estimate of drug-likeness (QED) is 0.386. The van der Waals surface area contributed by atoms with E-state index in [1.807, 2.05) is 50.2 Å². The summed E-state index contributed by atoms with van der Waals surface area (Å²) in [6.07, 6.45) is 0.782. The van der Waals surface area contributed by atoms with E-state index in [1.54, 1.807) is 38.3 Å². The zero-order valence-electron chi connectivity index (χ0n) is 20.8. The molecule has 0 bridgehead atoms. The van der Waals surface area contributed by atoms with Gasteiger partial charge in [-0.05, 0) is 68.7 Å². The lowest BCUT2D eigenvalue weighted by molar-refractivity contribution is -0.130. The average molecular weight is 485 g/mol. The van der Waals surface area contributed by atoms with Gasteiger partial charge < -0.3 is 14.6 Å². The summed E-state index contributed by atoms with van der Waals surface area (Å²) in [5, 5.41) is 11.7. The number of rotatable bonds is 8. The third-order valence-electron chi connectivity index (χ3n) is 6.83. The van der Waals surface area contributed by atoms with E-state index in [9.17, 15) is 14.4 Å². The number of Topliss-reactive ketones (excluding diaryl/α,β-unsaturated/α-hetero) is 1. The van der Waals surface area contributed by atoms with Crippen molar-refractivity contribution >= 4 is 17.7 Å². The van der Waals surface area contributed by atoms with Gasteiger partial charge in [0.1, 0.15) is 11.3 Å². The number of amides is 3. The van der Waals surface area contributed by atoms with Crippen molar-refractivity contribution in [1.29, 1.82) is 5.26 Å². The Morgan fingerprint density at radius 2 is 1.75 bits per heavy atom. The highest BCUT2D eigenvalue weighted by molar-refractivity contribution is 6.11. The lowest BCUT2D eigenvalue weighted by atomic mass is 9.91. The molecule has 1 aliphatic heterocycles. The molecule has 8 nitrogen and oxygen atoms in total. The van der Waals surface area contributed by atoms with Gasteiger partial charge in [-0.2, -0.15) is 5.26 Å². The normalized spacial score (nSPS) is 17.1. The van der Waals surface area contributed by atoms with Crippen LogP contribution in [0.3, 0.4) is 0 Å². The lowest BCUT2D eigenvalue weighted by Crippen LogP contribution is -2.41. The van der Waals surface area contributed by atoms with E-state index in [4.69, 9.17) is 10.00 Å². The number of ether oxygens (including phenoxy) is 1. The average Bonchev–Trinajstić information content (AvgIpc) is 3.29. The van der Waals surface area contributed by atoms with Gasteiger partial charge in [0, 0.05) is 23.5 Å². The molecule has 3 amide bonds. The molecule has 1 atom stereocenters. The number of aromatic nitrogens is 1. The van der Waals surface area contributed by atoms with Gasteiger partial charge in [-0.25, -0.2) is 4.79 Å². The number of ketones is 1. The monoisotopic (exact) mass is 484 g/mol. The number of imide groups is 1. The summed E-state index contributed by atoms with van der Waals surface area (Å²) in [6, 6.07) is 17.6. The molecule has 1 fully saturated rings. The molecule has 0 spiro atoms. The molecule has 3 aromatic rings. The van der Waals surface area contributed by atoms with E-state index < -0.39 is 17.5 Å². The molecule has 2 aromatic carbocycles. The third kappa shape index (κ3) is 4.48. The maximum Gasteiger partial charge on any atom is 0.325 e. The van der Waals surface area contributed by atoms with Crippen molar-refractivity contribution in [3.8, 4) is 11.8 Å². The van der Waals surface area contributed by atoms with Crippen molar-refractivity contribution in [3.05, 3.63) is 88.2 Å². The maximum atomic E-state index is 13.2. The minimum absolute atomic E-state index is 0.300. The number of urea groups is 1. The predicted octanol–water partition coefficient (Wildman–Crippen LogP) is 3.88. The van der Waals surface area contributed by atoms with Crippen LogP contribution >= 0.6 is 0 Å². The van der Waals surface area contributed by atoms with Gasteiger partial charge in [-0.3, -0.25) is 14.5 Å². The van der Waals surface area contributed by atoms with Crippen LogP contribution in [0.5, 0.6) is 5.75 Å². The van der Waals surface area contributed by atoms with E-state index in [2.05, 4.69) is 9.88 Å². The Kier molecular flexibility index (Phi) is 6.67. The van der Waals surface area contributed by atoms with Crippen LogP contribution in [0.1, 0.15) is 45.4 Å². The van der Waals surface area contributed by atoms with Gasteiger partial charge in [0.05, 0.1) is 25.3 Å². The van der Waals surface area contributed by atoms with Crippen molar-refractivity contribution in [3.63, 3.8) is 0 Å². The first-order valence-corrected chi connectivity index (χ1v) is 11.7.